The average Bonchev–Trinajstić information content (AvgIpc) is 2.88. The van der Waals surface area contributed by atoms with Crippen molar-refractivity contribution in [1.29, 1.82) is 0 Å². The van der Waals surface area contributed by atoms with Gasteiger partial charge in [-0.3, -0.25) is 0 Å². The lowest BCUT2D eigenvalue weighted by Gasteiger charge is -2.28. The minimum Gasteiger partial charge on any atom is -0.477 e. The molecular formula is C14H16N2O2S. The molecule has 0 bridgehead atoms. The highest BCUT2D eigenvalue weighted by Crippen LogP contribution is 2.21. The summed E-state index contributed by atoms with van der Waals surface area (Å²) in [6, 6.07) is 7.80. The van der Waals surface area contributed by atoms with Crippen LogP contribution in [-0.4, -0.2) is 22.1 Å². The van der Waals surface area contributed by atoms with Gasteiger partial charge in [-0.2, -0.15) is 0 Å². The third kappa shape index (κ3) is 3.32. The second kappa shape index (κ2) is 5.84. The number of hydrogen-bond donors (Lipinski definition) is 1. The summed E-state index contributed by atoms with van der Waals surface area (Å²) >= 11 is 1.72. The molecule has 0 aromatic carbocycles. The van der Waals surface area contributed by atoms with Crippen molar-refractivity contribution in [3.8, 4) is 0 Å². The first kappa shape index (κ1) is 13.5. The van der Waals surface area contributed by atoms with Crippen LogP contribution in [0.4, 0.5) is 5.69 Å². The Morgan fingerprint density at radius 3 is 2.68 bits per heavy atom. The zero-order chi connectivity index (χ0) is 13.8. The van der Waals surface area contributed by atoms with Gasteiger partial charge in [-0.25, -0.2) is 9.78 Å². The Morgan fingerprint density at radius 1 is 1.42 bits per heavy atom. The van der Waals surface area contributed by atoms with E-state index in [2.05, 4.69) is 35.2 Å². The average molecular weight is 276 g/mol. The van der Waals surface area contributed by atoms with E-state index in [1.54, 1.807) is 23.6 Å². The molecule has 2 aromatic heterocycles. The van der Waals surface area contributed by atoms with Gasteiger partial charge in [0.25, 0.3) is 0 Å². The predicted octanol–water partition coefficient (Wildman–Crippen LogP) is 3.26. The lowest BCUT2D eigenvalue weighted by molar-refractivity contribution is 0.0690. The first-order chi connectivity index (χ1) is 9.08. The standard InChI is InChI=1S/C14H16N2O2S/c1-10(2)16(9-12-4-3-7-19-12)11-5-6-13(14(17)18)15-8-11/h3-8,10H,9H2,1-2H3,(H,17,18). The molecule has 0 radical (unpaired) electrons. The SMILES string of the molecule is CC(C)N(Cc1cccs1)c1ccc(C(=O)O)nc1. The van der Waals surface area contributed by atoms with Crippen LogP contribution in [0, 0.1) is 0 Å². The maximum atomic E-state index is 10.8. The molecule has 0 aliphatic heterocycles. The van der Waals surface area contributed by atoms with Gasteiger partial charge < -0.3 is 10.0 Å². The molecule has 5 heteroatoms. The molecule has 0 amide bonds. The summed E-state index contributed by atoms with van der Waals surface area (Å²) in [5, 5.41) is 10.9. The van der Waals surface area contributed by atoms with Crippen LogP contribution in [0.2, 0.25) is 0 Å². The second-order valence-corrected chi connectivity index (χ2v) is 5.54. The molecule has 2 aromatic rings. The summed E-state index contributed by atoms with van der Waals surface area (Å²) in [6.45, 7) is 5.03. The molecule has 0 aliphatic rings. The molecule has 0 fully saturated rings. The number of carboxylic acid groups (broad SMARTS) is 1. The van der Waals surface area contributed by atoms with Crippen molar-refractivity contribution in [2.75, 3.05) is 4.90 Å². The van der Waals surface area contributed by atoms with E-state index >= 15 is 0 Å². The molecule has 19 heavy (non-hydrogen) atoms. The summed E-state index contributed by atoms with van der Waals surface area (Å²) < 4.78 is 0. The van der Waals surface area contributed by atoms with Crippen LogP contribution in [0.15, 0.2) is 35.8 Å². The third-order valence-electron chi connectivity index (χ3n) is 2.83. The van der Waals surface area contributed by atoms with Gasteiger partial charge in [0.15, 0.2) is 0 Å². The molecule has 0 saturated carbocycles. The Hall–Kier alpha value is -1.88. The molecule has 0 atom stereocenters. The van der Waals surface area contributed by atoms with E-state index in [0.29, 0.717) is 6.04 Å². The van der Waals surface area contributed by atoms with Gasteiger partial charge in [0.1, 0.15) is 5.69 Å². The fourth-order valence-electron chi connectivity index (χ4n) is 1.82. The van der Waals surface area contributed by atoms with Crippen molar-refractivity contribution in [2.45, 2.75) is 26.4 Å². The third-order valence-corrected chi connectivity index (χ3v) is 3.69. The van der Waals surface area contributed by atoms with E-state index in [4.69, 9.17) is 5.11 Å². The first-order valence-electron chi connectivity index (χ1n) is 6.06. The normalized spacial score (nSPS) is 10.7. The van der Waals surface area contributed by atoms with Crippen molar-refractivity contribution in [2.24, 2.45) is 0 Å². The molecule has 0 unspecified atom stereocenters. The number of hydrogen-bond acceptors (Lipinski definition) is 4. The van der Waals surface area contributed by atoms with Gasteiger partial charge in [-0.1, -0.05) is 6.07 Å². The molecule has 2 heterocycles. The Morgan fingerprint density at radius 2 is 2.21 bits per heavy atom. The minimum absolute atomic E-state index is 0.0728. The van der Waals surface area contributed by atoms with Crippen LogP contribution in [0.25, 0.3) is 0 Å². The summed E-state index contributed by atoms with van der Waals surface area (Å²) in [7, 11) is 0. The number of carbonyl (C=O) groups is 1. The lowest BCUT2D eigenvalue weighted by atomic mass is 10.2. The number of aromatic carboxylic acids is 1. The van der Waals surface area contributed by atoms with Crippen LogP contribution in [0.3, 0.4) is 0 Å². The monoisotopic (exact) mass is 276 g/mol. The zero-order valence-electron chi connectivity index (χ0n) is 10.9. The number of thiophene rings is 1. The number of nitrogens with zero attached hydrogens (tertiary/aromatic N) is 2. The van der Waals surface area contributed by atoms with Gasteiger partial charge in [-0.15, -0.1) is 11.3 Å². The largest absolute Gasteiger partial charge is 0.477 e. The van der Waals surface area contributed by atoms with E-state index in [0.717, 1.165) is 12.2 Å². The van der Waals surface area contributed by atoms with Crippen molar-refractivity contribution in [1.82, 2.24) is 4.98 Å². The maximum absolute atomic E-state index is 10.8. The lowest BCUT2D eigenvalue weighted by Crippen LogP contribution is -2.29. The number of pyridine rings is 1. The van der Waals surface area contributed by atoms with Crippen LogP contribution in [-0.2, 0) is 6.54 Å². The Balaban J connectivity index is 2.21. The molecule has 0 spiro atoms. The number of aromatic nitrogens is 1. The van der Waals surface area contributed by atoms with Crippen LogP contribution in [0.5, 0.6) is 0 Å². The predicted molar refractivity (Wildman–Crippen MR) is 76.8 cm³/mol. The smallest absolute Gasteiger partial charge is 0.354 e. The van der Waals surface area contributed by atoms with Gasteiger partial charge in [0.05, 0.1) is 18.4 Å². The number of anilines is 1. The number of rotatable bonds is 5. The summed E-state index contributed by atoms with van der Waals surface area (Å²) in [4.78, 5) is 18.2. The molecular weight excluding hydrogens is 260 g/mol. The second-order valence-electron chi connectivity index (χ2n) is 4.51. The van der Waals surface area contributed by atoms with E-state index in [-0.39, 0.29) is 5.69 Å². The fourth-order valence-corrected chi connectivity index (χ4v) is 2.53. The van der Waals surface area contributed by atoms with Crippen LogP contribution >= 0.6 is 11.3 Å². The number of carboxylic acids is 1. The Bertz CT molecular complexity index is 535. The van der Waals surface area contributed by atoms with E-state index in [9.17, 15) is 4.79 Å². The highest BCUT2D eigenvalue weighted by atomic mass is 32.1. The Labute approximate surface area is 116 Å². The van der Waals surface area contributed by atoms with Gasteiger partial charge in [0.2, 0.25) is 0 Å². The summed E-state index contributed by atoms with van der Waals surface area (Å²) in [5.74, 6) is -0.999. The van der Waals surface area contributed by atoms with Crippen molar-refractivity contribution >= 4 is 23.0 Å². The fraction of sp³-hybridized carbons (Fsp3) is 0.286. The van der Waals surface area contributed by atoms with Crippen LogP contribution < -0.4 is 4.90 Å². The van der Waals surface area contributed by atoms with E-state index in [1.165, 1.54) is 4.88 Å². The zero-order valence-corrected chi connectivity index (χ0v) is 11.7. The quantitative estimate of drug-likeness (QED) is 0.910. The summed E-state index contributed by atoms with van der Waals surface area (Å²) in [6.07, 6.45) is 1.62. The van der Waals surface area contributed by atoms with E-state index in [1.807, 2.05) is 12.1 Å². The maximum Gasteiger partial charge on any atom is 0.354 e. The molecule has 0 saturated heterocycles. The summed E-state index contributed by atoms with van der Waals surface area (Å²) in [5.41, 5.74) is 1.01. The van der Waals surface area contributed by atoms with Crippen molar-refractivity contribution in [3.05, 3.63) is 46.4 Å². The molecule has 0 aliphatic carbocycles. The van der Waals surface area contributed by atoms with Crippen molar-refractivity contribution < 1.29 is 9.90 Å². The van der Waals surface area contributed by atoms with Gasteiger partial charge >= 0.3 is 5.97 Å². The van der Waals surface area contributed by atoms with E-state index < -0.39 is 5.97 Å². The topological polar surface area (TPSA) is 53.4 Å². The molecule has 1 N–H and O–H groups in total. The highest BCUT2D eigenvalue weighted by Gasteiger charge is 2.13. The van der Waals surface area contributed by atoms with Gasteiger partial charge in [-0.05, 0) is 37.4 Å². The minimum atomic E-state index is -0.999. The highest BCUT2D eigenvalue weighted by molar-refractivity contribution is 7.09. The molecule has 2 rings (SSSR count). The molecule has 4 nitrogen and oxygen atoms in total. The first-order valence-corrected chi connectivity index (χ1v) is 6.94. The van der Waals surface area contributed by atoms with Crippen molar-refractivity contribution in [3.63, 3.8) is 0 Å². The molecule has 100 valence electrons. The van der Waals surface area contributed by atoms with Crippen LogP contribution in [0.1, 0.15) is 29.2 Å². The van der Waals surface area contributed by atoms with Gasteiger partial charge in [0, 0.05) is 10.9 Å². The Kier molecular flexibility index (Phi) is 4.16.